The van der Waals surface area contributed by atoms with Crippen LogP contribution in [-0.4, -0.2) is 7.05 Å². The lowest BCUT2D eigenvalue weighted by atomic mass is 10.0. The molecule has 0 atom stereocenters. The molecule has 0 amide bonds. The van der Waals surface area contributed by atoms with Gasteiger partial charge in [0.05, 0.1) is 0 Å². The number of hydrogen-bond acceptors (Lipinski definition) is 2. The van der Waals surface area contributed by atoms with Crippen LogP contribution < -0.4 is 5.32 Å². The van der Waals surface area contributed by atoms with Gasteiger partial charge in [0.25, 0.3) is 0 Å². The fourth-order valence-corrected chi connectivity index (χ4v) is 2.40. The Hall–Kier alpha value is -2.13. The number of aryl methyl sites for hydroxylation is 1. The molecule has 3 heteroatoms. The summed E-state index contributed by atoms with van der Waals surface area (Å²) in [6.45, 7) is 2.86. The van der Waals surface area contributed by atoms with Crippen molar-refractivity contribution in [1.82, 2.24) is 5.32 Å². The lowest BCUT2D eigenvalue weighted by Gasteiger charge is -2.06. The first-order valence-electron chi connectivity index (χ1n) is 6.61. The number of hydrogen-bond donors (Lipinski definition) is 1. The van der Waals surface area contributed by atoms with Crippen LogP contribution in [0.25, 0.3) is 22.3 Å². The molecule has 0 aliphatic carbocycles. The maximum absolute atomic E-state index is 13.2. The second-order valence-corrected chi connectivity index (χ2v) is 4.97. The molecule has 0 fully saturated rings. The molecule has 3 aromatic rings. The van der Waals surface area contributed by atoms with Crippen LogP contribution in [0.2, 0.25) is 0 Å². The van der Waals surface area contributed by atoms with E-state index in [1.807, 2.05) is 20.0 Å². The first-order valence-corrected chi connectivity index (χ1v) is 6.61. The van der Waals surface area contributed by atoms with Gasteiger partial charge in [0.15, 0.2) is 0 Å². The van der Waals surface area contributed by atoms with E-state index in [9.17, 15) is 4.39 Å². The van der Waals surface area contributed by atoms with Gasteiger partial charge < -0.3 is 9.73 Å². The van der Waals surface area contributed by atoms with E-state index in [1.165, 1.54) is 17.7 Å². The summed E-state index contributed by atoms with van der Waals surface area (Å²) in [5.74, 6) is 0.534. The van der Waals surface area contributed by atoms with Crippen LogP contribution in [0.4, 0.5) is 4.39 Å². The van der Waals surface area contributed by atoms with Gasteiger partial charge >= 0.3 is 0 Å². The minimum atomic E-state index is -0.245. The van der Waals surface area contributed by atoms with Crippen molar-refractivity contribution in [3.05, 3.63) is 59.4 Å². The van der Waals surface area contributed by atoms with Crippen molar-refractivity contribution in [1.29, 1.82) is 0 Å². The van der Waals surface area contributed by atoms with E-state index < -0.39 is 0 Å². The largest absolute Gasteiger partial charge is 0.456 e. The van der Waals surface area contributed by atoms with Crippen molar-refractivity contribution in [2.75, 3.05) is 7.05 Å². The second kappa shape index (κ2) is 5.10. The van der Waals surface area contributed by atoms with E-state index in [0.717, 1.165) is 28.8 Å². The molecule has 1 aromatic heterocycles. The topological polar surface area (TPSA) is 25.2 Å². The average Bonchev–Trinajstić information content (AvgIpc) is 2.84. The Bertz CT molecular complexity index is 761. The van der Waals surface area contributed by atoms with Crippen molar-refractivity contribution in [3.63, 3.8) is 0 Å². The van der Waals surface area contributed by atoms with Crippen LogP contribution in [0.5, 0.6) is 0 Å². The predicted octanol–water partition coefficient (Wildman–Crippen LogP) is 4.27. The summed E-state index contributed by atoms with van der Waals surface area (Å²) < 4.78 is 19.1. The predicted molar refractivity (Wildman–Crippen MR) is 79.1 cm³/mol. The van der Waals surface area contributed by atoms with Crippen molar-refractivity contribution in [2.24, 2.45) is 0 Å². The minimum Gasteiger partial charge on any atom is -0.456 e. The van der Waals surface area contributed by atoms with Crippen LogP contribution in [0.3, 0.4) is 0 Å². The Balaban J connectivity index is 2.12. The van der Waals surface area contributed by atoms with E-state index in [4.69, 9.17) is 4.42 Å². The van der Waals surface area contributed by atoms with Gasteiger partial charge in [-0.05, 0) is 55.4 Å². The van der Waals surface area contributed by atoms with E-state index in [2.05, 4.69) is 23.5 Å². The van der Waals surface area contributed by atoms with Crippen LogP contribution >= 0.6 is 0 Å². The van der Waals surface area contributed by atoms with E-state index >= 15 is 0 Å². The zero-order valence-corrected chi connectivity index (χ0v) is 11.5. The fraction of sp³-hybridized carbons (Fsp3) is 0.176. The third-order valence-electron chi connectivity index (χ3n) is 3.43. The van der Waals surface area contributed by atoms with Crippen molar-refractivity contribution in [2.45, 2.75) is 13.5 Å². The SMILES string of the molecule is CNCc1ccc(C)c(-c2cc3cc(F)ccc3o2)c1. The smallest absolute Gasteiger partial charge is 0.135 e. The molecule has 20 heavy (non-hydrogen) atoms. The standard InChI is InChI=1S/C17H16FNO/c1-11-3-4-12(10-19-2)7-15(11)17-9-13-8-14(18)5-6-16(13)20-17/h3-9,19H,10H2,1-2H3. The highest BCUT2D eigenvalue weighted by Gasteiger charge is 2.10. The molecular weight excluding hydrogens is 253 g/mol. The summed E-state index contributed by atoms with van der Waals surface area (Å²) in [4.78, 5) is 0. The molecule has 1 N–H and O–H groups in total. The van der Waals surface area contributed by atoms with Crippen molar-refractivity contribution in [3.8, 4) is 11.3 Å². The summed E-state index contributed by atoms with van der Waals surface area (Å²) >= 11 is 0. The number of rotatable bonds is 3. The van der Waals surface area contributed by atoms with Crippen molar-refractivity contribution >= 4 is 11.0 Å². The van der Waals surface area contributed by atoms with Crippen LogP contribution in [-0.2, 0) is 6.54 Å². The molecular formula is C17H16FNO. The molecule has 0 saturated heterocycles. The molecule has 0 saturated carbocycles. The second-order valence-electron chi connectivity index (χ2n) is 4.97. The van der Waals surface area contributed by atoms with Crippen LogP contribution in [0.1, 0.15) is 11.1 Å². The molecule has 0 radical (unpaired) electrons. The van der Waals surface area contributed by atoms with E-state index in [1.54, 1.807) is 6.07 Å². The van der Waals surface area contributed by atoms with Gasteiger partial charge in [-0.25, -0.2) is 4.39 Å². The Morgan fingerprint density at radius 1 is 1.10 bits per heavy atom. The summed E-state index contributed by atoms with van der Waals surface area (Å²) in [6, 6.07) is 12.8. The normalized spacial score (nSPS) is 11.2. The Kier molecular flexibility index (Phi) is 3.28. The highest BCUT2D eigenvalue weighted by molar-refractivity contribution is 5.83. The Morgan fingerprint density at radius 2 is 1.95 bits per heavy atom. The molecule has 1 heterocycles. The van der Waals surface area contributed by atoms with Gasteiger partial charge in [-0.15, -0.1) is 0 Å². The van der Waals surface area contributed by atoms with Crippen LogP contribution in [0, 0.1) is 12.7 Å². The summed E-state index contributed by atoms with van der Waals surface area (Å²) in [7, 11) is 1.92. The number of fused-ring (bicyclic) bond motifs is 1. The average molecular weight is 269 g/mol. The molecule has 0 aliphatic heterocycles. The highest BCUT2D eigenvalue weighted by atomic mass is 19.1. The molecule has 102 valence electrons. The first-order chi connectivity index (χ1) is 9.67. The summed E-state index contributed by atoms with van der Waals surface area (Å²) in [5, 5.41) is 3.93. The van der Waals surface area contributed by atoms with Gasteiger partial charge in [0, 0.05) is 17.5 Å². The molecule has 0 bridgehead atoms. The molecule has 0 spiro atoms. The van der Waals surface area contributed by atoms with Crippen LogP contribution in [0.15, 0.2) is 46.9 Å². The summed E-state index contributed by atoms with van der Waals surface area (Å²) in [5.41, 5.74) is 4.10. The number of furan rings is 1. The maximum atomic E-state index is 13.2. The van der Waals surface area contributed by atoms with Gasteiger partial charge in [0.1, 0.15) is 17.2 Å². The maximum Gasteiger partial charge on any atom is 0.135 e. The van der Waals surface area contributed by atoms with E-state index in [0.29, 0.717) is 5.58 Å². The summed E-state index contributed by atoms with van der Waals surface area (Å²) in [6.07, 6.45) is 0. The molecule has 0 unspecified atom stereocenters. The lowest BCUT2D eigenvalue weighted by molar-refractivity contribution is 0.618. The van der Waals surface area contributed by atoms with Gasteiger partial charge in [-0.1, -0.05) is 12.1 Å². The highest BCUT2D eigenvalue weighted by Crippen LogP contribution is 2.31. The molecule has 2 nitrogen and oxygen atoms in total. The van der Waals surface area contributed by atoms with Crippen molar-refractivity contribution < 1.29 is 8.81 Å². The Morgan fingerprint density at radius 3 is 2.75 bits per heavy atom. The third-order valence-corrected chi connectivity index (χ3v) is 3.43. The van der Waals surface area contributed by atoms with Gasteiger partial charge in [0.2, 0.25) is 0 Å². The zero-order chi connectivity index (χ0) is 14.1. The quantitative estimate of drug-likeness (QED) is 0.768. The lowest BCUT2D eigenvalue weighted by Crippen LogP contribution is -2.05. The molecule has 3 rings (SSSR count). The number of benzene rings is 2. The third kappa shape index (κ3) is 2.32. The first kappa shape index (κ1) is 12.9. The monoisotopic (exact) mass is 269 g/mol. The minimum absolute atomic E-state index is 0.245. The zero-order valence-electron chi connectivity index (χ0n) is 11.5. The molecule has 2 aromatic carbocycles. The Labute approximate surface area is 117 Å². The van der Waals surface area contributed by atoms with E-state index in [-0.39, 0.29) is 5.82 Å². The fourth-order valence-electron chi connectivity index (χ4n) is 2.40. The molecule has 0 aliphatic rings. The van der Waals surface area contributed by atoms with Gasteiger partial charge in [-0.2, -0.15) is 0 Å². The van der Waals surface area contributed by atoms with Gasteiger partial charge in [-0.3, -0.25) is 0 Å². The number of nitrogens with one attached hydrogen (secondary N) is 1. The number of halogens is 1.